The molecule has 0 radical (unpaired) electrons. The van der Waals surface area contributed by atoms with Crippen LogP contribution in [0.15, 0.2) is 22.8 Å². The van der Waals surface area contributed by atoms with E-state index in [0.717, 1.165) is 30.6 Å². The van der Waals surface area contributed by atoms with E-state index >= 15 is 0 Å². The molecule has 0 aliphatic heterocycles. The Labute approximate surface area is 124 Å². The van der Waals surface area contributed by atoms with Crippen molar-refractivity contribution in [2.45, 2.75) is 71.3 Å². The number of hydrogen-bond donors (Lipinski definition) is 1. The maximum Gasteiger partial charge on any atom is 0.103 e. The Hall–Kier alpha value is -0.760. The highest BCUT2D eigenvalue weighted by Crippen LogP contribution is 2.34. The quantitative estimate of drug-likeness (QED) is 0.738. The van der Waals surface area contributed by atoms with Crippen LogP contribution in [0.1, 0.15) is 64.6 Å². The van der Waals surface area contributed by atoms with Gasteiger partial charge in [-0.15, -0.1) is 0 Å². The predicted molar refractivity (Wildman–Crippen MR) is 84.8 cm³/mol. The fourth-order valence-electron chi connectivity index (χ4n) is 3.66. The molecule has 0 spiro atoms. The van der Waals surface area contributed by atoms with Crippen LogP contribution in [0.2, 0.25) is 0 Å². The summed E-state index contributed by atoms with van der Waals surface area (Å²) in [6.07, 6.45) is 12.4. The minimum atomic E-state index is 0.675. The van der Waals surface area contributed by atoms with E-state index in [1.165, 1.54) is 44.9 Å². The van der Waals surface area contributed by atoms with Crippen molar-refractivity contribution in [3.63, 3.8) is 0 Å². The first-order valence-corrected chi connectivity index (χ1v) is 8.59. The molecule has 114 valence electrons. The molecular weight excluding hydrogens is 246 g/mol. The molecular formula is C18H31NO. The van der Waals surface area contributed by atoms with Gasteiger partial charge in [-0.1, -0.05) is 33.1 Å². The summed E-state index contributed by atoms with van der Waals surface area (Å²) in [5.41, 5.74) is 0. The van der Waals surface area contributed by atoms with Gasteiger partial charge in [-0.25, -0.2) is 0 Å². The van der Waals surface area contributed by atoms with Crippen LogP contribution in [0, 0.1) is 11.8 Å². The summed E-state index contributed by atoms with van der Waals surface area (Å²) in [4.78, 5) is 0. The Morgan fingerprint density at radius 1 is 1.35 bits per heavy atom. The Morgan fingerprint density at radius 3 is 2.95 bits per heavy atom. The van der Waals surface area contributed by atoms with Crippen LogP contribution in [-0.2, 0) is 6.42 Å². The zero-order valence-corrected chi connectivity index (χ0v) is 13.2. The van der Waals surface area contributed by atoms with E-state index in [0.29, 0.717) is 6.04 Å². The van der Waals surface area contributed by atoms with Gasteiger partial charge in [0.25, 0.3) is 0 Å². The van der Waals surface area contributed by atoms with Crippen molar-refractivity contribution in [2.75, 3.05) is 6.54 Å². The summed E-state index contributed by atoms with van der Waals surface area (Å²) >= 11 is 0. The van der Waals surface area contributed by atoms with Gasteiger partial charge in [0, 0.05) is 12.5 Å². The van der Waals surface area contributed by atoms with Crippen LogP contribution >= 0.6 is 0 Å². The standard InChI is InChI=1S/C18H31NO/c1-3-12-19-18(11-10-17-9-6-13-20-17)16-8-5-7-15(4-2)14-16/h6,9,13,15-16,18-19H,3-5,7-8,10-12,14H2,1-2H3. The smallest absolute Gasteiger partial charge is 0.103 e. The Morgan fingerprint density at radius 2 is 2.25 bits per heavy atom. The van der Waals surface area contributed by atoms with Crippen LogP contribution in [-0.4, -0.2) is 12.6 Å². The van der Waals surface area contributed by atoms with Crippen molar-refractivity contribution in [1.29, 1.82) is 0 Å². The van der Waals surface area contributed by atoms with E-state index in [2.05, 4.69) is 25.2 Å². The lowest BCUT2D eigenvalue weighted by Crippen LogP contribution is -2.39. The van der Waals surface area contributed by atoms with E-state index in [-0.39, 0.29) is 0 Å². The first-order valence-electron chi connectivity index (χ1n) is 8.59. The molecule has 0 bridgehead atoms. The summed E-state index contributed by atoms with van der Waals surface area (Å²) in [6.45, 7) is 5.76. The molecule has 2 heteroatoms. The van der Waals surface area contributed by atoms with Crippen molar-refractivity contribution >= 4 is 0 Å². The van der Waals surface area contributed by atoms with Crippen LogP contribution in [0.4, 0.5) is 0 Å². The zero-order valence-electron chi connectivity index (χ0n) is 13.2. The summed E-state index contributed by atoms with van der Waals surface area (Å²) in [6, 6.07) is 4.78. The predicted octanol–water partition coefficient (Wildman–Crippen LogP) is 4.80. The highest BCUT2D eigenvalue weighted by molar-refractivity contribution is 4.99. The third kappa shape index (κ3) is 4.66. The average molecular weight is 277 g/mol. The lowest BCUT2D eigenvalue weighted by atomic mass is 9.75. The minimum absolute atomic E-state index is 0.675. The van der Waals surface area contributed by atoms with E-state index in [4.69, 9.17) is 4.42 Å². The molecule has 1 aliphatic carbocycles. The molecule has 1 saturated carbocycles. The van der Waals surface area contributed by atoms with Crippen LogP contribution < -0.4 is 5.32 Å². The van der Waals surface area contributed by atoms with Crippen molar-refractivity contribution < 1.29 is 4.42 Å². The molecule has 2 rings (SSSR count). The Balaban J connectivity index is 1.87. The second-order valence-corrected chi connectivity index (χ2v) is 6.38. The van der Waals surface area contributed by atoms with Crippen LogP contribution in [0.3, 0.4) is 0 Å². The Kier molecular flexibility index (Phi) is 6.65. The molecule has 0 saturated heterocycles. The number of furan rings is 1. The highest BCUT2D eigenvalue weighted by Gasteiger charge is 2.27. The van der Waals surface area contributed by atoms with Crippen LogP contribution in [0.5, 0.6) is 0 Å². The van der Waals surface area contributed by atoms with E-state index < -0.39 is 0 Å². The molecule has 1 aliphatic rings. The largest absolute Gasteiger partial charge is 0.469 e. The summed E-state index contributed by atoms with van der Waals surface area (Å²) in [5, 5.41) is 3.80. The summed E-state index contributed by atoms with van der Waals surface area (Å²) in [5.74, 6) is 2.97. The molecule has 3 atom stereocenters. The molecule has 1 heterocycles. The van der Waals surface area contributed by atoms with Crippen molar-refractivity contribution in [3.8, 4) is 0 Å². The maximum atomic E-state index is 5.49. The normalized spacial score (nSPS) is 24.7. The number of nitrogens with one attached hydrogen (secondary N) is 1. The maximum absolute atomic E-state index is 5.49. The minimum Gasteiger partial charge on any atom is -0.469 e. The lowest BCUT2D eigenvalue weighted by Gasteiger charge is -2.35. The van der Waals surface area contributed by atoms with Crippen molar-refractivity contribution in [1.82, 2.24) is 5.32 Å². The van der Waals surface area contributed by atoms with Gasteiger partial charge in [-0.3, -0.25) is 0 Å². The zero-order chi connectivity index (χ0) is 14.2. The second kappa shape index (κ2) is 8.51. The van der Waals surface area contributed by atoms with Gasteiger partial charge < -0.3 is 9.73 Å². The average Bonchev–Trinajstić information content (AvgIpc) is 3.01. The molecule has 1 aromatic rings. The number of hydrogen-bond acceptors (Lipinski definition) is 2. The van der Waals surface area contributed by atoms with Gasteiger partial charge in [0.05, 0.1) is 6.26 Å². The summed E-state index contributed by atoms with van der Waals surface area (Å²) in [7, 11) is 0. The SMILES string of the molecule is CCCNC(CCc1ccco1)C1CCCC(CC)C1. The third-order valence-electron chi connectivity index (χ3n) is 4.91. The fraction of sp³-hybridized carbons (Fsp3) is 0.778. The molecule has 3 unspecified atom stereocenters. The molecule has 20 heavy (non-hydrogen) atoms. The highest BCUT2D eigenvalue weighted by atomic mass is 16.3. The van der Waals surface area contributed by atoms with E-state index in [1.54, 1.807) is 6.26 Å². The first kappa shape index (κ1) is 15.6. The first-order chi connectivity index (χ1) is 9.83. The third-order valence-corrected chi connectivity index (χ3v) is 4.91. The molecule has 1 fully saturated rings. The van der Waals surface area contributed by atoms with Gasteiger partial charge >= 0.3 is 0 Å². The van der Waals surface area contributed by atoms with Crippen molar-refractivity contribution in [2.24, 2.45) is 11.8 Å². The molecule has 0 aromatic carbocycles. The van der Waals surface area contributed by atoms with Gasteiger partial charge in [0.2, 0.25) is 0 Å². The molecule has 2 nitrogen and oxygen atoms in total. The molecule has 1 N–H and O–H groups in total. The monoisotopic (exact) mass is 277 g/mol. The van der Waals surface area contributed by atoms with E-state index in [9.17, 15) is 0 Å². The topological polar surface area (TPSA) is 25.2 Å². The second-order valence-electron chi connectivity index (χ2n) is 6.38. The van der Waals surface area contributed by atoms with Gasteiger partial charge in [-0.2, -0.15) is 0 Å². The van der Waals surface area contributed by atoms with Gasteiger partial charge in [0.1, 0.15) is 5.76 Å². The fourth-order valence-corrected chi connectivity index (χ4v) is 3.66. The summed E-state index contributed by atoms with van der Waals surface area (Å²) < 4.78 is 5.49. The number of rotatable bonds is 8. The van der Waals surface area contributed by atoms with Crippen molar-refractivity contribution in [3.05, 3.63) is 24.2 Å². The lowest BCUT2D eigenvalue weighted by molar-refractivity contribution is 0.200. The van der Waals surface area contributed by atoms with E-state index in [1.807, 2.05) is 6.07 Å². The molecule has 1 aromatic heterocycles. The van der Waals surface area contributed by atoms with Crippen LogP contribution in [0.25, 0.3) is 0 Å². The number of aryl methyl sites for hydroxylation is 1. The molecule has 0 amide bonds. The van der Waals surface area contributed by atoms with Gasteiger partial charge in [-0.05, 0) is 56.2 Å². The van der Waals surface area contributed by atoms with Gasteiger partial charge in [0.15, 0.2) is 0 Å². The Bertz CT molecular complexity index is 346.